The first-order valence-corrected chi connectivity index (χ1v) is 2.79. The Balaban J connectivity index is 2.12. The van der Waals surface area contributed by atoms with Crippen molar-refractivity contribution in [1.82, 2.24) is 0 Å². The number of hydrogen-bond donors (Lipinski definition) is 1. The summed E-state index contributed by atoms with van der Waals surface area (Å²) < 4.78 is 9.43. The van der Waals surface area contributed by atoms with Crippen LogP contribution in [0.4, 0.5) is 0 Å². The van der Waals surface area contributed by atoms with Gasteiger partial charge in [-0.05, 0) is 6.92 Å². The molecule has 0 aromatic carbocycles. The van der Waals surface area contributed by atoms with Crippen LogP contribution in [0, 0.1) is 0 Å². The number of carbonyl (C=O) groups excluding carboxylic acids is 1. The molecular formula is C5H9NO3. The van der Waals surface area contributed by atoms with Gasteiger partial charge in [0.25, 0.3) is 0 Å². The van der Waals surface area contributed by atoms with Gasteiger partial charge >= 0.3 is 5.97 Å². The Morgan fingerprint density at radius 3 is 2.78 bits per heavy atom. The monoisotopic (exact) mass is 131 g/mol. The highest BCUT2D eigenvalue weighted by atomic mass is 16.8. The number of nitrogens with two attached hydrogens (primary N) is 1. The van der Waals surface area contributed by atoms with Gasteiger partial charge in [-0.2, -0.15) is 0 Å². The average molecular weight is 131 g/mol. The zero-order chi connectivity index (χ0) is 6.85. The minimum absolute atomic E-state index is 0.0560. The molecule has 2 N–H and O–H groups in total. The normalized spacial score (nSPS) is 31.8. The summed E-state index contributed by atoms with van der Waals surface area (Å²) in [7, 11) is 0. The minimum atomic E-state index is -0.413. The zero-order valence-corrected chi connectivity index (χ0v) is 5.16. The summed E-state index contributed by atoms with van der Waals surface area (Å²) >= 11 is 0. The smallest absolute Gasteiger partial charge is 0.322 e. The van der Waals surface area contributed by atoms with Gasteiger partial charge in [0.2, 0.25) is 6.29 Å². The molecule has 52 valence electrons. The second-order valence-electron chi connectivity index (χ2n) is 1.90. The number of rotatable bonds is 2. The van der Waals surface area contributed by atoms with Crippen LogP contribution in [0.15, 0.2) is 0 Å². The van der Waals surface area contributed by atoms with Crippen molar-refractivity contribution >= 4 is 5.97 Å². The summed E-state index contributed by atoms with van der Waals surface area (Å²) in [6, 6.07) is 0. The van der Waals surface area contributed by atoms with Crippen LogP contribution in [0.5, 0.6) is 0 Å². The van der Waals surface area contributed by atoms with E-state index >= 15 is 0 Å². The molecule has 0 aromatic heterocycles. The molecule has 9 heavy (non-hydrogen) atoms. The molecule has 0 aromatic rings. The van der Waals surface area contributed by atoms with E-state index in [1.54, 1.807) is 0 Å². The van der Waals surface area contributed by atoms with Crippen LogP contribution in [0.2, 0.25) is 0 Å². The summed E-state index contributed by atoms with van der Waals surface area (Å²) in [6.07, 6.45) is -0.276. The second-order valence-corrected chi connectivity index (χ2v) is 1.90. The van der Waals surface area contributed by atoms with Crippen molar-refractivity contribution in [2.24, 2.45) is 5.73 Å². The molecule has 1 fully saturated rings. The highest BCUT2D eigenvalue weighted by molar-refractivity contribution is 5.71. The van der Waals surface area contributed by atoms with Crippen LogP contribution in [0.3, 0.4) is 0 Å². The fraction of sp³-hybridized carbons (Fsp3) is 0.800. The first-order valence-electron chi connectivity index (χ1n) is 2.79. The molecule has 0 spiro atoms. The van der Waals surface area contributed by atoms with Gasteiger partial charge in [0.15, 0.2) is 0 Å². The standard InChI is InChI=1S/C5H9NO3/c1-3-5(8-3)9-4(7)2-6/h3,5H,2,6H2,1H3. The van der Waals surface area contributed by atoms with Gasteiger partial charge in [-0.3, -0.25) is 4.79 Å². The fourth-order valence-electron chi connectivity index (χ4n) is 0.467. The molecule has 0 saturated carbocycles. The first kappa shape index (κ1) is 6.51. The third-order valence-electron chi connectivity index (χ3n) is 1.07. The predicted octanol–water partition coefficient (Wildman–Crippen LogP) is -0.767. The molecule has 0 aliphatic carbocycles. The summed E-state index contributed by atoms with van der Waals surface area (Å²) in [5, 5.41) is 0. The van der Waals surface area contributed by atoms with Gasteiger partial charge in [0, 0.05) is 0 Å². The molecule has 1 saturated heterocycles. The molecule has 1 aliphatic rings. The predicted molar refractivity (Wildman–Crippen MR) is 29.5 cm³/mol. The van der Waals surface area contributed by atoms with E-state index in [-0.39, 0.29) is 18.9 Å². The van der Waals surface area contributed by atoms with E-state index in [0.717, 1.165) is 0 Å². The van der Waals surface area contributed by atoms with Crippen molar-refractivity contribution in [3.63, 3.8) is 0 Å². The Morgan fingerprint density at radius 1 is 1.89 bits per heavy atom. The van der Waals surface area contributed by atoms with Gasteiger partial charge in [0.05, 0.1) is 6.54 Å². The highest BCUT2D eigenvalue weighted by Gasteiger charge is 2.37. The van der Waals surface area contributed by atoms with Gasteiger partial charge in [0.1, 0.15) is 6.10 Å². The molecule has 1 aliphatic heterocycles. The largest absolute Gasteiger partial charge is 0.432 e. The van der Waals surface area contributed by atoms with Gasteiger partial charge in [-0.15, -0.1) is 0 Å². The number of hydrogen-bond acceptors (Lipinski definition) is 4. The lowest BCUT2D eigenvalue weighted by atomic mass is 10.5. The molecule has 1 heterocycles. The molecule has 2 atom stereocenters. The quantitative estimate of drug-likeness (QED) is 0.395. The van der Waals surface area contributed by atoms with E-state index in [0.29, 0.717) is 0 Å². The van der Waals surface area contributed by atoms with E-state index in [1.165, 1.54) is 0 Å². The van der Waals surface area contributed by atoms with Crippen molar-refractivity contribution in [1.29, 1.82) is 0 Å². The highest BCUT2D eigenvalue weighted by Crippen LogP contribution is 2.21. The van der Waals surface area contributed by atoms with Crippen LogP contribution in [-0.4, -0.2) is 24.9 Å². The van der Waals surface area contributed by atoms with Crippen molar-refractivity contribution < 1.29 is 14.3 Å². The maximum Gasteiger partial charge on any atom is 0.322 e. The lowest BCUT2D eigenvalue weighted by Crippen LogP contribution is -2.18. The Bertz CT molecular complexity index is 125. The van der Waals surface area contributed by atoms with Crippen molar-refractivity contribution in [3.8, 4) is 0 Å². The second kappa shape index (κ2) is 2.33. The molecule has 0 amide bonds. The van der Waals surface area contributed by atoms with Crippen LogP contribution < -0.4 is 5.73 Å². The molecule has 0 bridgehead atoms. The summed E-state index contributed by atoms with van der Waals surface area (Å²) in [5.41, 5.74) is 4.96. The maximum atomic E-state index is 10.4. The molecule has 1 rings (SSSR count). The molecule has 4 nitrogen and oxygen atoms in total. The van der Waals surface area contributed by atoms with Crippen LogP contribution >= 0.6 is 0 Å². The van der Waals surface area contributed by atoms with E-state index in [4.69, 9.17) is 10.5 Å². The third-order valence-corrected chi connectivity index (χ3v) is 1.07. The number of epoxide rings is 1. The lowest BCUT2D eigenvalue weighted by Gasteiger charge is -1.94. The van der Waals surface area contributed by atoms with Gasteiger partial charge < -0.3 is 15.2 Å². The summed E-state index contributed by atoms with van der Waals surface area (Å²) in [5.74, 6) is -0.413. The number of esters is 1. The molecular weight excluding hydrogens is 122 g/mol. The van der Waals surface area contributed by atoms with E-state index < -0.39 is 5.97 Å². The lowest BCUT2D eigenvalue weighted by molar-refractivity contribution is -0.146. The fourth-order valence-corrected chi connectivity index (χ4v) is 0.467. The van der Waals surface area contributed by atoms with E-state index in [1.807, 2.05) is 6.92 Å². The van der Waals surface area contributed by atoms with Gasteiger partial charge in [-0.1, -0.05) is 0 Å². The first-order chi connectivity index (χ1) is 4.24. The Hall–Kier alpha value is -0.610. The van der Waals surface area contributed by atoms with E-state index in [2.05, 4.69) is 4.74 Å². The van der Waals surface area contributed by atoms with Crippen molar-refractivity contribution in [3.05, 3.63) is 0 Å². The summed E-state index contributed by atoms with van der Waals surface area (Å²) in [4.78, 5) is 10.4. The SMILES string of the molecule is CC1OC1OC(=O)CN. The average Bonchev–Trinajstić information content (AvgIpc) is 2.47. The number of ether oxygens (including phenoxy) is 2. The Labute approximate surface area is 52.9 Å². The summed E-state index contributed by atoms with van der Waals surface area (Å²) in [6.45, 7) is 1.75. The van der Waals surface area contributed by atoms with Crippen LogP contribution in [0.25, 0.3) is 0 Å². The van der Waals surface area contributed by atoms with Crippen molar-refractivity contribution in [2.45, 2.75) is 19.3 Å². The minimum Gasteiger partial charge on any atom is -0.432 e. The zero-order valence-electron chi connectivity index (χ0n) is 5.16. The van der Waals surface area contributed by atoms with Gasteiger partial charge in [-0.25, -0.2) is 0 Å². The Morgan fingerprint density at radius 2 is 2.44 bits per heavy atom. The van der Waals surface area contributed by atoms with Crippen molar-refractivity contribution in [2.75, 3.05) is 6.54 Å². The molecule has 4 heteroatoms. The van der Waals surface area contributed by atoms with Crippen LogP contribution in [0.1, 0.15) is 6.92 Å². The van der Waals surface area contributed by atoms with E-state index in [9.17, 15) is 4.79 Å². The Kier molecular flexibility index (Phi) is 1.68. The van der Waals surface area contributed by atoms with Crippen LogP contribution in [-0.2, 0) is 14.3 Å². The topological polar surface area (TPSA) is 64.8 Å². The third kappa shape index (κ3) is 1.65. The maximum absolute atomic E-state index is 10.4. The molecule has 2 unspecified atom stereocenters. The number of carbonyl (C=O) groups is 1. The molecule has 0 radical (unpaired) electrons.